The minimum atomic E-state index is -0.159. The summed E-state index contributed by atoms with van der Waals surface area (Å²) in [4.78, 5) is 4.26. The van der Waals surface area contributed by atoms with Crippen LogP contribution in [-0.2, 0) is 0 Å². The van der Waals surface area contributed by atoms with Crippen molar-refractivity contribution in [2.24, 2.45) is 5.41 Å². The highest BCUT2D eigenvalue weighted by Gasteiger charge is 2.16. The van der Waals surface area contributed by atoms with Crippen LogP contribution in [0.4, 0.5) is 5.82 Å². The van der Waals surface area contributed by atoms with Crippen molar-refractivity contribution in [1.82, 2.24) is 4.98 Å². The lowest BCUT2D eigenvalue weighted by Gasteiger charge is -2.22. The molecule has 0 aliphatic carbocycles. The molecule has 16 heavy (non-hydrogen) atoms. The van der Waals surface area contributed by atoms with Gasteiger partial charge in [-0.3, -0.25) is 0 Å². The van der Waals surface area contributed by atoms with E-state index < -0.39 is 0 Å². The van der Waals surface area contributed by atoms with E-state index in [1.807, 2.05) is 26.0 Å². The Balaban J connectivity index is 2.18. The summed E-state index contributed by atoms with van der Waals surface area (Å²) < 4.78 is 5.29. The van der Waals surface area contributed by atoms with Gasteiger partial charge in [-0.05, 0) is 12.1 Å². The number of nitrogens with one attached hydrogen (secondary N) is 1. The summed E-state index contributed by atoms with van der Waals surface area (Å²) in [6, 6.07) is 3.72. The largest absolute Gasteiger partial charge is 0.464 e. The standard InChI is InChI=1S/C12H16N2O2/c1-12(2,8-15)7-14-11-9-4-6-16-10(9)3-5-13-11/h3-6,15H,7-8H2,1-2H3,(H,13,14). The van der Waals surface area contributed by atoms with Crippen LogP contribution < -0.4 is 5.32 Å². The van der Waals surface area contributed by atoms with Gasteiger partial charge in [0.2, 0.25) is 0 Å². The van der Waals surface area contributed by atoms with Crippen LogP contribution in [0.3, 0.4) is 0 Å². The highest BCUT2D eigenvalue weighted by Crippen LogP contribution is 2.23. The zero-order chi connectivity index (χ0) is 11.6. The number of pyridine rings is 1. The first-order valence-corrected chi connectivity index (χ1v) is 5.29. The summed E-state index contributed by atoms with van der Waals surface area (Å²) in [6.45, 7) is 4.80. The van der Waals surface area contributed by atoms with Gasteiger partial charge in [-0.25, -0.2) is 4.98 Å². The van der Waals surface area contributed by atoms with Crippen LogP contribution in [0.15, 0.2) is 29.0 Å². The fraction of sp³-hybridized carbons (Fsp3) is 0.417. The fourth-order valence-electron chi connectivity index (χ4n) is 1.41. The molecule has 0 spiro atoms. The molecular weight excluding hydrogens is 204 g/mol. The Morgan fingerprint density at radius 2 is 2.25 bits per heavy atom. The minimum absolute atomic E-state index is 0.140. The number of rotatable bonds is 4. The van der Waals surface area contributed by atoms with Gasteiger partial charge in [-0.1, -0.05) is 13.8 Å². The molecule has 2 aromatic heterocycles. The Kier molecular flexibility index (Phi) is 2.83. The van der Waals surface area contributed by atoms with E-state index in [1.165, 1.54) is 0 Å². The van der Waals surface area contributed by atoms with E-state index in [1.54, 1.807) is 12.5 Å². The van der Waals surface area contributed by atoms with Gasteiger partial charge in [-0.2, -0.15) is 0 Å². The number of aliphatic hydroxyl groups excluding tert-OH is 1. The van der Waals surface area contributed by atoms with Crippen LogP contribution in [0.5, 0.6) is 0 Å². The first-order valence-electron chi connectivity index (χ1n) is 5.29. The van der Waals surface area contributed by atoms with Crippen molar-refractivity contribution in [1.29, 1.82) is 0 Å². The molecule has 86 valence electrons. The van der Waals surface area contributed by atoms with Crippen LogP contribution in [-0.4, -0.2) is 23.2 Å². The van der Waals surface area contributed by atoms with Crippen LogP contribution in [0.25, 0.3) is 11.0 Å². The lowest BCUT2D eigenvalue weighted by Crippen LogP contribution is -2.27. The Morgan fingerprint density at radius 1 is 1.44 bits per heavy atom. The second-order valence-electron chi connectivity index (χ2n) is 4.67. The van der Waals surface area contributed by atoms with E-state index in [0.717, 1.165) is 16.8 Å². The molecule has 0 aliphatic rings. The molecular formula is C12H16N2O2. The molecule has 2 aromatic rings. The lowest BCUT2D eigenvalue weighted by molar-refractivity contribution is 0.171. The van der Waals surface area contributed by atoms with Crippen molar-refractivity contribution in [3.05, 3.63) is 24.6 Å². The quantitative estimate of drug-likeness (QED) is 0.829. The molecule has 4 nitrogen and oxygen atoms in total. The van der Waals surface area contributed by atoms with Gasteiger partial charge >= 0.3 is 0 Å². The molecule has 0 radical (unpaired) electrons. The van der Waals surface area contributed by atoms with Crippen molar-refractivity contribution in [2.45, 2.75) is 13.8 Å². The van der Waals surface area contributed by atoms with E-state index in [0.29, 0.717) is 6.54 Å². The third-order valence-electron chi connectivity index (χ3n) is 2.54. The van der Waals surface area contributed by atoms with E-state index >= 15 is 0 Å². The molecule has 0 bridgehead atoms. The molecule has 4 heteroatoms. The Morgan fingerprint density at radius 3 is 3.00 bits per heavy atom. The van der Waals surface area contributed by atoms with Gasteiger partial charge in [0, 0.05) is 24.8 Å². The average Bonchev–Trinajstić information content (AvgIpc) is 2.75. The summed E-state index contributed by atoms with van der Waals surface area (Å²) >= 11 is 0. The highest BCUT2D eigenvalue weighted by atomic mass is 16.3. The second kappa shape index (κ2) is 4.14. The van der Waals surface area contributed by atoms with E-state index in [4.69, 9.17) is 9.52 Å². The number of aliphatic hydroxyl groups is 1. The summed E-state index contributed by atoms with van der Waals surface area (Å²) in [5.41, 5.74) is 0.660. The average molecular weight is 220 g/mol. The van der Waals surface area contributed by atoms with Crippen molar-refractivity contribution in [3.8, 4) is 0 Å². The van der Waals surface area contributed by atoms with Gasteiger partial charge < -0.3 is 14.8 Å². The Bertz CT molecular complexity index is 477. The van der Waals surface area contributed by atoms with E-state index in [9.17, 15) is 0 Å². The molecule has 2 rings (SSSR count). The molecule has 0 saturated heterocycles. The van der Waals surface area contributed by atoms with Crippen molar-refractivity contribution < 1.29 is 9.52 Å². The molecule has 2 N–H and O–H groups in total. The molecule has 0 fully saturated rings. The fourth-order valence-corrected chi connectivity index (χ4v) is 1.41. The summed E-state index contributed by atoms with van der Waals surface area (Å²) in [7, 11) is 0. The highest BCUT2D eigenvalue weighted by molar-refractivity contribution is 5.87. The number of fused-ring (bicyclic) bond motifs is 1. The smallest absolute Gasteiger partial charge is 0.139 e. The van der Waals surface area contributed by atoms with Crippen LogP contribution in [0.2, 0.25) is 0 Å². The maximum absolute atomic E-state index is 9.17. The number of hydrogen-bond acceptors (Lipinski definition) is 4. The zero-order valence-corrected chi connectivity index (χ0v) is 9.53. The monoisotopic (exact) mass is 220 g/mol. The van der Waals surface area contributed by atoms with E-state index in [2.05, 4.69) is 10.3 Å². The predicted molar refractivity (Wildman–Crippen MR) is 63.4 cm³/mol. The number of furan rings is 1. The summed E-state index contributed by atoms with van der Waals surface area (Å²) in [6.07, 6.45) is 3.36. The normalized spacial score (nSPS) is 11.9. The molecule has 0 aliphatic heterocycles. The van der Waals surface area contributed by atoms with Crippen molar-refractivity contribution >= 4 is 16.8 Å². The van der Waals surface area contributed by atoms with Gasteiger partial charge in [-0.15, -0.1) is 0 Å². The maximum Gasteiger partial charge on any atom is 0.139 e. The van der Waals surface area contributed by atoms with Gasteiger partial charge in [0.15, 0.2) is 0 Å². The second-order valence-corrected chi connectivity index (χ2v) is 4.67. The topological polar surface area (TPSA) is 58.3 Å². The summed E-state index contributed by atoms with van der Waals surface area (Å²) in [5.74, 6) is 0.799. The SMILES string of the molecule is CC(C)(CO)CNc1nccc2occc12. The van der Waals surface area contributed by atoms with Crippen molar-refractivity contribution in [3.63, 3.8) is 0 Å². The summed E-state index contributed by atoms with van der Waals surface area (Å²) in [5, 5.41) is 13.4. The third-order valence-corrected chi connectivity index (χ3v) is 2.54. The van der Waals surface area contributed by atoms with Gasteiger partial charge in [0.25, 0.3) is 0 Å². The minimum Gasteiger partial charge on any atom is -0.464 e. The first kappa shape index (κ1) is 11.0. The lowest BCUT2D eigenvalue weighted by atomic mass is 9.95. The van der Waals surface area contributed by atoms with E-state index in [-0.39, 0.29) is 12.0 Å². The van der Waals surface area contributed by atoms with Gasteiger partial charge in [0.1, 0.15) is 11.4 Å². The predicted octanol–water partition coefficient (Wildman–Crippen LogP) is 2.26. The molecule has 0 unspecified atom stereocenters. The molecule has 0 aromatic carbocycles. The number of anilines is 1. The molecule has 0 amide bonds. The maximum atomic E-state index is 9.17. The zero-order valence-electron chi connectivity index (χ0n) is 9.53. The number of hydrogen-bond donors (Lipinski definition) is 2. The third kappa shape index (κ3) is 2.17. The van der Waals surface area contributed by atoms with Crippen LogP contribution >= 0.6 is 0 Å². The molecule has 2 heterocycles. The Hall–Kier alpha value is -1.55. The van der Waals surface area contributed by atoms with Crippen LogP contribution in [0, 0.1) is 5.41 Å². The molecule has 0 saturated carbocycles. The number of nitrogens with zero attached hydrogens (tertiary/aromatic N) is 1. The van der Waals surface area contributed by atoms with Crippen LogP contribution in [0.1, 0.15) is 13.8 Å². The Labute approximate surface area is 94.3 Å². The van der Waals surface area contributed by atoms with Gasteiger partial charge in [0.05, 0.1) is 11.6 Å². The number of aromatic nitrogens is 1. The molecule has 0 atom stereocenters. The first-order chi connectivity index (χ1) is 7.62. The van der Waals surface area contributed by atoms with Crippen molar-refractivity contribution in [2.75, 3.05) is 18.5 Å².